The van der Waals surface area contributed by atoms with Crippen molar-refractivity contribution in [3.05, 3.63) is 22.6 Å². The van der Waals surface area contributed by atoms with E-state index < -0.39 is 0 Å². The maximum atomic E-state index is 5.98. The lowest BCUT2D eigenvalue weighted by Gasteiger charge is -2.18. The Kier molecular flexibility index (Phi) is 4.59. The van der Waals surface area contributed by atoms with Crippen LogP contribution in [0.3, 0.4) is 0 Å². The first kappa shape index (κ1) is 13.8. The third kappa shape index (κ3) is 2.53. The minimum Gasteiger partial charge on any atom is -0.383 e. The Morgan fingerprint density at radius 3 is 2.94 bits per heavy atom. The van der Waals surface area contributed by atoms with E-state index in [0.29, 0.717) is 12.5 Å². The number of alkyl halides is 1. The van der Waals surface area contributed by atoms with E-state index >= 15 is 0 Å². The van der Waals surface area contributed by atoms with Crippen molar-refractivity contribution in [3.8, 4) is 0 Å². The van der Waals surface area contributed by atoms with Gasteiger partial charge in [-0.25, -0.2) is 9.97 Å². The van der Waals surface area contributed by atoms with E-state index in [1.807, 2.05) is 6.07 Å². The maximum Gasteiger partial charge on any atom is 0.160 e. The summed E-state index contributed by atoms with van der Waals surface area (Å²) in [6.45, 7) is 2.75. The van der Waals surface area contributed by atoms with Crippen molar-refractivity contribution in [1.82, 2.24) is 14.5 Å². The molecule has 0 aliphatic rings. The molecule has 0 radical (unpaired) electrons. The highest BCUT2D eigenvalue weighted by Crippen LogP contribution is 2.25. The fourth-order valence-electron chi connectivity index (χ4n) is 2.05. The van der Waals surface area contributed by atoms with Crippen molar-refractivity contribution in [2.24, 2.45) is 0 Å². The second kappa shape index (κ2) is 5.99. The molecule has 2 aromatic rings. The highest BCUT2D eigenvalue weighted by molar-refractivity contribution is 9.10. The largest absolute Gasteiger partial charge is 0.383 e. The molecule has 0 fully saturated rings. The molecule has 2 heterocycles. The molecule has 0 amide bonds. The van der Waals surface area contributed by atoms with Crippen LogP contribution in [0.5, 0.6) is 0 Å². The van der Waals surface area contributed by atoms with Crippen LogP contribution in [0, 0.1) is 0 Å². The van der Waals surface area contributed by atoms with Crippen LogP contribution in [0.2, 0.25) is 0 Å². The van der Waals surface area contributed by atoms with Gasteiger partial charge < -0.3 is 9.30 Å². The minimum atomic E-state index is 0.211. The summed E-state index contributed by atoms with van der Waals surface area (Å²) in [4.78, 5) is 8.97. The average Bonchev–Trinajstić information content (AvgIpc) is 2.73. The van der Waals surface area contributed by atoms with Crippen LogP contribution in [0.25, 0.3) is 11.2 Å². The number of fused-ring (bicyclic) bond motifs is 1. The number of aromatic nitrogens is 3. The Bertz CT molecular complexity index is 543. The Hall–Kier alpha value is -0.650. The van der Waals surface area contributed by atoms with Gasteiger partial charge in [-0.15, -0.1) is 11.6 Å². The van der Waals surface area contributed by atoms with Gasteiger partial charge in [-0.05, 0) is 28.4 Å². The van der Waals surface area contributed by atoms with Crippen LogP contribution >= 0.6 is 27.5 Å². The Balaban J connectivity index is 2.58. The summed E-state index contributed by atoms with van der Waals surface area (Å²) in [6.07, 6.45) is 2.72. The van der Waals surface area contributed by atoms with Gasteiger partial charge in [0.25, 0.3) is 0 Å². The number of hydrogen-bond acceptors (Lipinski definition) is 3. The van der Waals surface area contributed by atoms with Gasteiger partial charge in [0.05, 0.1) is 18.5 Å². The minimum absolute atomic E-state index is 0.211. The molecule has 0 aromatic carbocycles. The lowest BCUT2D eigenvalue weighted by atomic mass is 10.2. The lowest BCUT2D eigenvalue weighted by Crippen LogP contribution is -2.16. The van der Waals surface area contributed by atoms with E-state index in [4.69, 9.17) is 16.3 Å². The standard InChI is InChI=1S/C12H15BrClN3O/c1-3-9(7-18-2)17-11(5-14)16-10-4-8(13)6-15-12(10)17/h4,6,9H,3,5,7H2,1-2H3. The van der Waals surface area contributed by atoms with Crippen molar-refractivity contribution in [1.29, 1.82) is 0 Å². The second-order valence-electron chi connectivity index (χ2n) is 4.05. The summed E-state index contributed by atoms with van der Waals surface area (Å²) < 4.78 is 8.26. The van der Waals surface area contributed by atoms with Crippen molar-refractivity contribution < 1.29 is 4.74 Å². The van der Waals surface area contributed by atoms with Gasteiger partial charge in [-0.2, -0.15) is 0 Å². The predicted molar refractivity (Wildman–Crippen MR) is 76.0 cm³/mol. The van der Waals surface area contributed by atoms with E-state index in [0.717, 1.165) is 27.9 Å². The van der Waals surface area contributed by atoms with Gasteiger partial charge in [0.15, 0.2) is 5.65 Å². The lowest BCUT2D eigenvalue weighted by molar-refractivity contribution is 0.153. The Labute approximate surface area is 119 Å². The average molecular weight is 333 g/mol. The fourth-order valence-corrected chi connectivity index (χ4v) is 2.56. The molecule has 0 saturated heterocycles. The summed E-state index contributed by atoms with van der Waals surface area (Å²) in [5, 5.41) is 0. The zero-order valence-electron chi connectivity index (χ0n) is 10.4. The number of pyridine rings is 1. The molecular formula is C12H15BrClN3O. The van der Waals surface area contributed by atoms with Gasteiger partial charge in [-0.3, -0.25) is 0 Å². The zero-order chi connectivity index (χ0) is 13.1. The van der Waals surface area contributed by atoms with E-state index in [1.54, 1.807) is 13.3 Å². The predicted octanol–water partition coefficient (Wildman–Crippen LogP) is 3.53. The summed E-state index contributed by atoms with van der Waals surface area (Å²) in [7, 11) is 1.70. The zero-order valence-corrected chi connectivity index (χ0v) is 12.7. The molecule has 0 saturated carbocycles. The molecule has 6 heteroatoms. The molecule has 0 aliphatic heterocycles. The number of hydrogen-bond donors (Lipinski definition) is 0. The maximum absolute atomic E-state index is 5.98. The number of methoxy groups -OCH3 is 1. The summed E-state index contributed by atoms with van der Waals surface area (Å²) >= 11 is 9.38. The molecule has 1 unspecified atom stereocenters. The molecule has 18 heavy (non-hydrogen) atoms. The highest BCUT2D eigenvalue weighted by Gasteiger charge is 2.18. The first-order valence-electron chi connectivity index (χ1n) is 5.78. The van der Waals surface area contributed by atoms with Crippen molar-refractivity contribution >= 4 is 38.7 Å². The number of nitrogens with zero attached hydrogens (tertiary/aromatic N) is 3. The first-order chi connectivity index (χ1) is 8.71. The first-order valence-corrected chi connectivity index (χ1v) is 7.11. The number of ether oxygens (including phenoxy) is 1. The highest BCUT2D eigenvalue weighted by atomic mass is 79.9. The monoisotopic (exact) mass is 331 g/mol. The summed E-state index contributed by atoms with van der Waals surface area (Å²) in [6, 6.07) is 2.16. The van der Waals surface area contributed by atoms with Crippen molar-refractivity contribution in [2.75, 3.05) is 13.7 Å². The van der Waals surface area contributed by atoms with Crippen LogP contribution < -0.4 is 0 Å². The van der Waals surface area contributed by atoms with Crippen LogP contribution in [0.4, 0.5) is 0 Å². The Morgan fingerprint density at radius 2 is 2.33 bits per heavy atom. The van der Waals surface area contributed by atoms with Crippen LogP contribution in [-0.2, 0) is 10.6 Å². The molecule has 98 valence electrons. The van der Waals surface area contributed by atoms with Gasteiger partial charge in [-0.1, -0.05) is 6.92 Å². The third-order valence-corrected chi connectivity index (χ3v) is 3.56. The topological polar surface area (TPSA) is 39.9 Å². The molecule has 0 aliphatic carbocycles. The summed E-state index contributed by atoms with van der Waals surface area (Å²) in [5.74, 6) is 1.20. The van der Waals surface area contributed by atoms with Gasteiger partial charge >= 0.3 is 0 Å². The van der Waals surface area contributed by atoms with Gasteiger partial charge in [0.2, 0.25) is 0 Å². The van der Waals surface area contributed by atoms with Gasteiger partial charge in [0, 0.05) is 17.8 Å². The third-order valence-electron chi connectivity index (χ3n) is 2.88. The van der Waals surface area contributed by atoms with E-state index in [9.17, 15) is 0 Å². The van der Waals surface area contributed by atoms with Crippen molar-refractivity contribution in [2.45, 2.75) is 25.3 Å². The van der Waals surface area contributed by atoms with E-state index in [2.05, 4.69) is 37.4 Å². The normalized spacial score (nSPS) is 13.1. The second-order valence-corrected chi connectivity index (χ2v) is 5.23. The molecule has 0 bridgehead atoms. The number of rotatable bonds is 5. The summed E-state index contributed by atoms with van der Waals surface area (Å²) in [5.41, 5.74) is 1.72. The fraction of sp³-hybridized carbons (Fsp3) is 0.500. The molecule has 0 spiro atoms. The van der Waals surface area contributed by atoms with Crippen molar-refractivity contribution in [3.63, 3.8) is 0 Å². The molecule has 2 aromatic heterocycles. The van der Waals surface area contributed by atoms with E-state index in [-0.39, 0.29) is 6.04 Å². The molecule has 1 atom stereocenters. The smallest absolute Gasteiger partial charge is 0.160 e. The molecule has 2 rings (SSSR count). The van der Waals surface area contributed by atoms with Crippen LogP contribution in [0.15, 0.2) is 16.7 Å². The molecule has 0 N–H and O–H groups in total. The SMILES string of the molecule is CCC(COC)n1c(CCl)nc2cc(Br)cnc21. The van der Waals surface area contributed by atoms with E-state index in [1.165, 1.54) is 0 Å². The number of halogens is 2. The van der Waals surface area contributed by atoms with Gasteiger partial charge in [0.1, 0.15) is 11.3 Å². The Morgan fingerprint density at radius 1 is 1.56 bits per heavy atom. The number of imidazole rings is 1. The molecule has 4 nitrogen and oxygen atoms in total. The quantitative estimate of drug-likeness (QED) is 0.786. The van der Waals surface area contributed by atoms with Crippen LogP contribution in [0.1, 0.15) is 25.2 Å². The van der Waals surface area contributed by atoms with Crippen LogP contribution in [-0.4, -0.2) is 28.3 Å². The molecular weight excluding hydrogens is 318 g/mol.